The Labute approximate surface area is 234 Å². The van der Waals surface area contributed by atoms with Gasteiger partial charge in [-0.25, -0.2) is 19.2 Å². The van der Waals surface area contributed by atoms with Crippen molar-refractivity contribution in [3.05, 3.63) is 48.4 Å². The average molecular weight is 550 g/mol. The highest BCUT2D eigenvalue weighted by Gasteiger charge is 2.45. The van der Waals surface area contributed by atoms with E-state index in [1.807, 2.05) is 53.7 Å². The van der Waals surface area contributed by atoms with Crippen LogP contribution in [0.2, 0.25) is 0 Å². The first kappa shape index (κ1) is 28.1. The zero-order valence-corrected chi connectivity index (χ0v) is 23.9. The maximum absolute atomic E-state index is 13.7. The molecule has 2 saturated heterocycles. The molecule has 1 N–H and O–H groups in total. The molecule has 40 heavy (non-hydrogen) atoms. The van der Waals surface area contributed by atoms with E-state index in [0.29, 0.717) is 48.8 Å². The van der Waals surface area contributed by atoms with E-state index in [1.54, 1.807) is 23.2 Å². The summed E-state index contributed by atoms with van der Waals surface area (Å²) >= 11 is 0. The number of amides is 1. The van der Waals surface area contributed by atoms with Gasteiger partial charge in [0.2, 0.25) is 5.95 Å². The number of hydrogen-bond donors (Lipinski definition) is 1. The van der Waals surface area contributed by atoms with Gasteiger partial charge < -0.3 is 29.0 Å². The molecule has 0 spiro atoms. The van der Waals surface area contributed by atoms with Gasteiger partial charge in [0.25, 0.3) is 0 Å². The van der Waals surface area contributed by atoms with E-state index in [4.69, 9.17) is 18.8 Å². The lowest BCUT2D eigenvalue weighted by Gasteiger charge is -2.34. The Morgan fingerprint density at radius 3 is 2.60 bits per heavy atom. The number of carbonyl (C=O) groups is 1. The smallest absolute Gasteiger partial charge is 0.491 e. The van der Waals surface area contributed by atoms with Gasteiger partial charge in [0.1, 0.15) is 23.3 Å². The molecule has 3 heterocycles. The van der Waals surface area contributed by atoms with Crippen LogP contribution in [0.5, 0.6) is 5.75 Å². The molecule has 2 fully saturated rings. The summed E-state index contributed by atoms with van der Waals surface area (Å²) in [6, 6.07) is 9.93. The van der Waals surface area contributed by atoms with Crippen LogP contribution in [0.25, 0.3) is 10.9 Å². The Balaban J connectivity index is 1.39. The number of hydrogen-bond acceptors (Lipinski definition) is 8. The number of anilines is 2. The Morgan fingerprint density at radius 2 is 1.95 bits per heavy atom. The van der Waals surface area contributed by atoms with Gasteiger partial charge in [0, 0.05) is 54.7 Å². The lowest BCUT2D eigenvalue weighted by Crippen LogP contribution is -2.44. The van der Waals surface area contributed by atoms with E-state index < -0.39 is 18.3 Å². The van der Waals surface area contributed by atoms with E-state index in [-0.39, 0.29) is 24.1 Å². The van der Waals surface area contributed by atoms with Crippen LogP contribution in [0.15, 0.2) is 42.6 Å². The minimum atomic E-state index is -0.614. The van der Waals surface area contributed by atoms with Gasteiger partial charge in [-0.3, -0.25) is 0 Å². The van der Waals surface area contributed by atoms with E-state index >= 15 is 0 Å². The monoisotopic (exact) mass is 550 g/mol. The number of carbonyl (C=O) groups excluding carboxylic acids is 1. The Hall–Kier alpha value is -3.44. The van der Waals surface area contributed by atoms with Crippen molar-refractivity contribution < 1.29 is 28.0 Å². The summed E-state index contributed by atoms with van der Waals surface area (Å²) in [7, 11) is -0.614. The number of likely N-dealkylation sites (tertiary alicyclic amines) is 1. The second-order valence-electron chi connectivity index (χ2n) is 11.9. The molecule has 5 rings (SSSR count). The molecule has 11 heteroatoms. The molecular weight excluding hydrogens is 514 g/mol. The maximum atomic E-state index is 13.7. The predicted molar refractivity (Wildman–Crippen MR) is 152 cm³/mol. The van der Waals surface area contributed by atoms with Crippen molar-refractivity contribution in [2.24, 2.45) is 0 Å². The minimum Gasteiger partial charge on any atom is -0.491 e. The number of piperidine rings is 1. The third kappa shape index (κ3) is 6.47. The molecule has 1 atom stereocenters. The van der Waals surface area contributed by atoms with Crippen LogP contribution in [-0.4, -0.2) is 64.6 Å². The number of nitrogens with one attached hydrogen (secondary N) is 1. The van der Waals surface area contributed by atoms with E-state index in [0.717, 1.165) is 10.8 Å². The van der Waals surface area contributed by atoms with Gasteiger partial charge in [-0.2, -0.15) is 0 Å². The van der Waals surface area contributed by atoms with Gasteiger partial charge in [0.05, 0.1) is 17.2 Å². The fourth-order valence-electron chi connectivity index (χ4n) is 4.67. The Bertz CT molecular complexity index is 1390. The molecule has 2 aliphatic rings. The zero-order valence-electron chi connectivity index (χ0n) is 23.9. The number of fused-ring (bicyclic) bond motifs is 1. The zero-order chi connectivity index (χ0) is 28.7. The van der Waals surface area contributed by atoms with Gasteiger partial charge in [-0.15, -0.1) is 0 Å². The fourth-order valence-corrected chi connectivity index (χ4v) is 4.67. The van der Waals surface area contributed by atoms with Crippen LogP contribution in [0.3, 0.4) is 0 Å². The first-order valence-corrected chi connectivity index (χ1v) is 13.7. The molecule has 1 unspecified atom stereocenters. The highest BCUT2D eigenvalue weighted by atomic mass is 19.1. The standard InChI is InChI=1S/C29H36BFN4O5/c1-18-29(5,6)40-30(39-18)23-14-19-17-32-26(33-21-9-7-8-20(31)15-21)34-24(19)16-25(23)37-22-10-12-35(13-11-22)27(36)38-28(2,3)4/h7-9,14-18,22H,10-13H2,1-6H3,(H,32,33,34). The summed E-state index contributed by atoms with van der Waals surface area (Å²) in [4.78, 5) is 23.3. The largest absolute Gasteiger partial charge is 0.498 e. The lowest BCUT2D eigenvalue weighted by molar-refractivity contribution is 0.0127. The molecule has 0 bridgehead atoms. The maximum Gasteiger partial charge on any atom is 0.498 e. The number of benzene rings is 2. The summed E-state index contributed by atoms with van der Waals surface area (Å²) in [6.07, 6.45) is 2.47. The summed E-state index contributed by atoms with van der Waals surface area (Å²) in [5.74, 6) is 0.594. The topological polar surface area (TPSA) is 95.0 Å². The molecule has 2 aliphatic heterocycles. The lowest BCUT2D eigenvalue weighted by atomic mass is 9.77. The molecule has 1 amide bonds. The van der Waals surface area contributed by atoms with Crippen LogP contribution in [0.1, 0.15) is 54.4 Å². The second kappa shape index (κ2) is 10.9. The van der Waals surface area contributed by atoms with Gasteiger partial charge in [-0.05, 0) is 65.8 Å². The average Bonchev–Trinajstić information content (AvgIpc) is 3.14. The number of nitrogens with zero attached hydrogens (tertiary/aromatic N) is 3. The first-order valence-electron chi connectivity index (χ1n) is 13.7. The van der Waals surface area contributed by atoms with Crippen molar-refractivity contribution in [3.8, 4) is 5.75 Å². The second-order valence-corrected chi connectivity index (χ2v) is 11.9. The molecule has 1 aromatic heterocycles. The number of ether oxygens (including phenoxy) is 2. The molecule has 212 valence electrons. The van der Waals surface area contributed by atoms with Crippen molar-refractivity contribution in [3.63, 3.8) is 0 Å². The van der Waals surface area contributed by atoms with Crippen LogP contribution >= 0.6 is 0 Å². The molecule has 2 aromatic carbocycles. The normalized spacial score (nSPS) is 19.6. The van der Waals surface area contributed by atoms with Crippen molar-refractivity contribution >= 4 is 41.2 Å². The molecule has 9 nitrogen and oxygen atoms in total. The summed E-state index contributed by atoms with van der Waals surface area (Å²) < 4.78 is 38.2. The van der Waals surface area contributed by atoms with Crippen LogP contribution in [0.4, 0.5) is 20.8 Å². The molecule has 3 aromatic rings. The Kier molecular flexibility index (Phi) is 7.63. The highest BCUT2D eigenvalue weighted by molar-refractivity contribution is 6.63. The summed E-state index contributed by atoms with van der Waals surface area (Å²) in [5.41, 5.74) is 0.956. The number of rotatable bonds is 5. The van der Waals surface area contributed by atoms with Crippen LogP contribution in [0, 0.1) is 5.82 Å². The molecular formula is C29H36BFN4O5. The summed E-state index contributed by atoms with van der Waals surface area (Å²) in [5, 5.41) is 3.84. The minimum absolute atomic E-state index is 0.117. The van der Waals surface area contributed by atoms with Crippen molar-refractivity contribution in [2.45, 2.75) is 77.8 Å². The van der Waals surface area contributed by atoms with Crippen molar-refractivity contribution in [1.29, 1.82) is 0 Å². The molecule has 0 radical (unpaired) electrons. The fraction of sp³-hybridized carbons (Fsp3) is 0.483. The first-order chi connectivity index (χ1) is 18.9. The summed E-state index contributed by atoms with van der Waals surface area (Å²) in [6.45, 7) is 12.6. The quantitative estimate of drug-likeness (QED) is 0.434. The Morgan fingerprint density at radius 1 is 1.20 bits per heavy atom. The van der Waals surface area contributed by atoms with Crippen LogP contribution < -0.4 is 15.5 Å². The molecule has 0 aliphatic carbocycles. The van der Waals surface area contributed by atoms with E-state index in [2.05, 4.69) is 15.3 Å². The van der Waals surface area contributed by atoms with Crippen molar-refractivity contribution in [1.82, 2.24) is 14.9 Å². The van der Waals surface area contributed by atoms with Crippen LogP contribution in [-0.2, 0) is 14.0 Å². The third-order valence-corrected chi connectivity index (χ3v) is 7.15. The third-order valence-electron chi connectivity index (χ3n) is 7.15. The van der Waals surface area contributed by atoms with E-state index in [9.17, 15) is 9.18 Å². The van der Waals surface area contributed by atoms with Gasteiger partial charge >= 0.3 is 13.2 Å². The molecule has 0 saturated carbocycles. The van der Waals surface area contributed by atoms with Gasteiger partial charge in [0.15, 0.2) is 0 Å². The number of halogens is 1. The SMILES string of the molecule is CC1OB(c2cc3cnc(Nc4cccc(F)c4)nc3cc2OC2CCN(C(=O)OC(C)(C)C)CC2)OC1(C)C. The number of aromatic nitrogens is 2. The van der Waals surface area contributed by atoms with E-state index in [1.165, 1.54) is 12.1 Å². The van der Waals surface area contributed by atoms with Crippen molar-refractivity contribution in [2.75, 3.05) is 18.4 Å². The predicted octanol–water partition coefficient (Wildman–Crippen LogP) is 5.20. The highest BCUT2D eigenvalue weighted by Crippen LogP contribution is 2.31. The van der Waals surface area contributed by atoms with Gasteiger partial charge in [-0.1, -0.05) is 6.07 Å².